The van der Waals surface area contributed by atoms with Crippen molar-refractivity contribution in [1.29, 1.82) is 0 Å². The molecule has 1 aromatic carbocycles. The van der Waals surface area contributed by atoms with Crippen molar-refractivity contribution >= 4 is 29.7 Å². The molecular formula is C12H14ClNO4. The average Bonchev–Trinajstić information content (AvgIpc) is 2.20. The van der Waals surface area contributed by atoms with Crippen LogP contribution in [-0.2, 0) is 0 Å². The Bertz CT molecular complexity index is 494. The highest BCUT2D eigenvalue weighted by molar-refractivity contribution is 6.32. The molecule has 0 fully saturated rings. The van der Waals surface area contributed by atoms with Crippen molar-refractivity contribution < 1.29 is 19.8 Å². The van der Waals surface area contributed by atoms with Crippen LogP contribution in [-0.4, -0.2) is 28.1 Å². The predicted octanol–water partition coefficient (Wildman–Crippen LogP) is 3.14. The largest absolute Gasteiger partial charge is 0.506 e. The van der Waals surface area contributed by atoms with Gasteiger partial charge in [0.25, 0.3) is 0 Å². The molecule has 5 nitrogen and oxygen atoms in total. The number of phenols is 1. The van der Waals surface area contributed by atoms with Crippen LogP contribution in [0.15, 0.2) is 12.1 Å². The fraction of sp³-hybridized carbons (Fsp3) is 0.333. The lowest BCUT2D eigenvalue weighted by molar-refractivity contribution is 0.112. The van der Waals surface area contributed by atoms with Crippen LogP contribution in [0.4, 0.5) is 10.5 Å². The van der Waals surface area contributed by atoms with Crippen LogP contribution in [0, 0.1) is 0 Å². The van der Waals surface area contributed by atoms with Gasteiger partial charge in [-0.1, -0.05) is 11.6 Å². The average molecular weight is 272 g/mol. The molecule has 0 aliphatic heterocycles. The first-order valence-electron chi connectivity index (χ1n) is 5.19. The lowest BCUT2D eigenvalue weighted by atomic mass is 10.0. The minimum absolute atomic E-state index is 0.0000907. The zero-order valence-electron chi connectivity index (χ0n) is 10.3. The van der Waals surface area contributed by atoms with Crippen molar-refractivity contribution in [3.8, 4) is 5.75 Å². The normalized spacial score (nSPS) is 11.1. The van der Waals surface area contributed by atoms with Crippen molar-refractivity contribution in [2.75, 3.05) is 4.90 Å². The number of phenolic OH excluding ortho intramolecular Hbond substituents is 1. The van der Waals surface area contributed by atoms with Gasteiger partial charge < -0.3 is 10.2 Å². The first-order valence-corrected chi connectivity index (χ1v) is 5.57. The molecule has 1 rings (SSSR count). The van der Waals surface area contributed by atoms with Gasteiger partial charge in [-0.15, -0.1) is 0 Å². The number of carbonyl (C=O) groups excluding carboxylic acids is 1. The summed E-state index contributed by atoms with van der Waals surface area (Å²) in [7, 11) is 0. The summed E-state index contributed by atoms with van der Waals surface area (Å²) in [5, 5.41) is 18.8. The summed E-state index contributed by atoms with van der Waals surface area (Å²) >= 11 is 5.69. The minimum atomic E-state index is -1.22. The van der Waals surface area contributed by atoms with Gasteiger partial charge in [0.15, 0.2) is 6.29 Å². The Balaban J connectivity index is 3.50. The molecular weight excluding hydrogens is 258 g/mol. The zero-order chi connectivity index (χ0) is 14.1. The molecule has 98 valence electrons. The van der Waals surface area contributed by atoms with Crippen molar-refractivity contribution in [2.45, 2.75) is 26.3 Å². The zero-order valence-corrected chi connectivity index (χ0v) is 11.0. The van der Waals surface area contributed by atoms with Gasteiger partial charge in [-0.25, -0.2) is 4.79 Å². The molecule has 0 unspecified atom stereocenters. The maximum atomic E-state index is 11.3. The van der Waals surface area contributed by atoms with E-state index in [1.807, 2.05) is 0 Å². The predicted molar refractivity (Wildman–Crippen MR) is 68.8 cm³/mol. The van der Waals surface area contributed by atoms with Crippen LogP contribution in [0.1, 0.15) is 31.1 Å². The number of halogens is 1. The quantitative estimate of drug-likeness (QED) is 0.810. The second kappa shape index (κ2) is 4.86. The third-order valence-corrected chi connectivity index (χ3v) is 2.63. The highest BCUT2D eigenvalue weighted by atomic mass is 35.5. The first-order chi connectivity index (χ1) is 8.18. The Labute approximate surface area is 110 Å². The molecule has 18 heavy (non-hydrogen) atoms. The van der Waals surface area contributed by atoms with E-state index in [0.29, 0.717) is 6.29 Å². The molecule has 0 atom stereocenters. The summed E-state index contributed by atoms with van der Waals surface area (Å²) in [6.07, 6.45) is -0.713. The molecule has 2 N–H and O–H groups in total. The van der Waals surface area contributed by atoms with Gasteiger partial charge in [-0.2, -0.15) is 0 Å². The Morgan fingerprint density at radius 2 is 1.94 bits per heavy atom. The van der Waals surface area contributed by atoms with Crippen LogP contribution in [0.5, 0.6) is 5.75 Å². The Hall–Kier alpha value is -1.75. The van der Waals surface area contributed by atoms with Crippen LogP contribution >= 0.6 is 11.6 Å². The molecule has 0 aliphatic carbocycles. The number of aldehydes is 1. The van der Waals surface area contributed by atoms with Gasteiger partial charge >= 0.3 is 6.09 Å². The van der Waals surface area contributed by atoms with E-state index in [1.54, 1.807) is 20.8 Å². The van der Waals surface area contributed by atoms with Crippen LogP contribution in [0.3, 0.4) is 0 Å². The molecule has 0 bridgehead atoms. The van der Waals surface area contributed by atoms with Gasteiger partial charge in [-0.3, -0.25) is 9.69 Å². The summed E-state index contributed by atoms with van der Waals surface area (Å²) in [4.78, 5) is 23.3. The molecule has 0 aliphatic rings. The minimum Gasteiger partial charge on any atom is -0.506 e. The molecule has 0 spiro atoms. The standard InChI is InChI=1S/C12H14ClNO4/c1-12(2,3)14(11(17)18)9-5-10(16)8(13)4-7(9)6-15/h4-6,16H,1-3H3,(H,17,18). The Morgan fingerprint density at radius 1 is 1.39 bits per heavy atom. The highest BCUT2D eigenvalue weighted by Crippen LogP contribution is 2.34. The van der Waals surface area contributed by atoms with E-state index in [0.717, 1.165) is 4.90 Å². The first kappa shape index (κ1) is 14.3. The number of nitrogens with zero attached hydrogens (tertiary/aromatic N) is 1. The van der Waals surface area contributed by atoms with Crippen molar-refractivity contribution in [3.05, 3.63) is 22.7 Å². The van der Waals surface area contributed by atoms with Gasteiger partial charge in [0.2, 0.25) is 0 Å². The summed E-state index contributed by atoms with van der Waals surface area (Å²) in [5.41, 5.74) is -0.550. The van der Waals surface area contributed by atoms with Crippen molar-refractivity contribution in [2.24, 2.45) is 0 Å². The second-order valence-corrected chi connectivity index (χ2v) is 5.18. The SMILES string of the molecule is CC(C)(C)N(C(=O)O)c1cc(O)c(Cl)cc1C=O. The molecule has 0 saturated carbocycles. The monoisotopic (exact) mass is 271 g/mol. The van der Waals surface area contributed by atoms with E-state index in [9.17, 15) is 19.8 Å². The number of hydrogen-bond acceptors (Lipinski definition) is 3. The molecule has 0 radical (unpaired) electrons. The molecule has 6 heteroatoms. The molecule has 1 amide bonds. The van der Waals surface area contributed by atoms with Crippen LogP contribution in [0.25, 0.3) is 0 Å². The number of hydrogen-bond donors (Lipinski definition) is 2. The molecule has 0 heterocycles. The van der Waals surface area contributed by atoms with Crippen LogP contribution in [0.2, 0.25) is 5.02 Å². The van der Waals surface area contributed by atoms with Gasteiger partial charge in [-0.05, 0) is 26.8 Å². The van der Waals surface area contributed by atoms with E-state index in [2.05, 4.69) is 0 Å². The van der Waals surface area contributed by atoms with E-state index in [4.69, 9.17) is 11.6 Å². The smallest absolute Gasteiger partial charge is 0.412 e. The number of amides is 1. The third-order valence-electron chi connectivity index (χ3n) is 2.33. The molecule has 0 saturated heterocycles. The van der Waals surface area contributed by atoms with Crippen LogP contribution < -0.4 is 4.90 Å². The summed E-state index contributed by atoms with van der Waals surface area (Å²) in [5.74, 6) is -0.271. The lowest BCUT2D eigenvalue weighted by Gasteiger charge is -2.34. The maximum Gasteiger partial charge on any atom is 0.412 e. The summed E-state index contributed by atoms with van der Waals surface area (Å²) in [6.45, 7) is 5.05. The number of rotatable bonds is 2. The number of aromatic hydroxyl groups is 1. The Kier molecular flexibility index (Phi) is 3.86. The van der Waals surface area contributed by atoms with Crippen molar-refractivity contribution in [3.63, 3.8) is 0 Å². The van der Waals surface area contributed by atoms with Gasteiger partial charge in [0.1, 0.15) is 5.75 Å². The van der Waals surface area contributed by atoms with E-state index < -0.39 is 11.6 Å². The van der Waals surface area contributed by atoms with E-state index in [1.165, 1.54) is 12.1 Å². The van der Waals surface area contributed by atoms with Gasteiger partial charge in [0.05, 0.1) is 10.7 Å². The van der Waals surface area contributed by atoms with E-state index in [-0.39, 0.29) is 22.0 Å². The highest BCUT2D eigenvalue weighted by Gasteiger charge is 2.30. The summed E-state index contributed by atoms with van der Waals surface area (Å²) in [6, 6.07) is 2.41. The molecule has 0 aromatic heterocycles. The number of anilines is 1. The fourth-order valence-electron chi connectivity index (χ4n) is 1.61. The van der Waals surface area contributed by atoms with Crippen molar-refractivity contribution in [1.82, 2.24) is 0 Å². The Morgan fingerprint density at radius 3 is 2.33 bits per heavy atom. The molecule has 1 aromatic rings. The lowest BCUT2D eigenvalue weighted by Crippen LogP contribution is -2.45. The van der Waals surface area contributed by atoms with Gasteiger partial charge in [0, 0.05) is 17.2 Å². The second-order valence-electron chi connectivity index (χ2n) is 4.77. The topological polar surface area (TPSA) is 77.8 Å². The number of carboxylic acid groups (broad SMARTS) is 1. The summed E-state index contributed by atoms with van der Waals surface area (Å²) < 4.78 is 0. The number of benzene rings is 1. The third kappa shape index (κ3) is 2.73. The van der Waals surface area contributed by atoms with E-state index >= 15 is 0 Å². The number of carbonyl (C=O) groups is 2. The maximum absolute atomic E-state index is 11.3. The fourth-order valence-corrected chi connectivity index (χ4v) is 1.78.